The fourth-order valence-corrected chi connectivity index (χ4v) is 1.80. The van der Waals surface area contributed by atoms with Crippen LogP contribution in [0.2, 0.25) is 10.0 Å². The van der Waals surface area contributed by atoms with Crippen molar-refractivity contribution in [3.05, 3.63) is 52.3 Å². The number of benzene rings is 1. The van der Waals surface area contributed by atoms with Crippen molar-refractivity contribution in [1.82, 2.24) is 4.98 Å². The molecule has 2 N–H and O–H groups in total. The molecule has 0 aliphatic carbocycles. The van der Waals surface area contributed by atoms with Crippen LogP contribution in [-0.4, -0.2) is 16.3 Å². The van der Waals surface area contributed by atoms with E-state index in [2.05, 4.69) is 15.5 Å². The summed E-state index contributed by atoms with van der Waals surface area (Å²) in [7, 11) is 0. The Labute approximate surface area is 114 Å². The average molecular weight is 282 g/mol. The summed E-state index contributed by atoms with van der Waals surface area (Å²) in [4.78, 5) is 3.88. The quantitative estimate of drug-likeness (QED) is 0.668. The Hall–Kier alpha value is -1.78. The number of aromatic hydroxyl groups is 1. The number of halogens is 2. The minimum atomic E-state index is -0.0543. The molecule has 0 atom stereocenters. The molecular weight excluding hydrogens is 273 g/mol. The van der Waals surface area contributed by atoms with E-state index in [1.807, 2.05) is 0 Å². The maximum absolute atomic E-state index is 9.70. The molecule has 0 spiro atoms. The zero-order chi connectivity index (χ0) is 13.0. The normalized spacial score (nSPS) is 10.8. The molecule has 1 heterocycles. The van der Waals surface area contributed by atoms with Crippen LogP contribution in [0.4, 0.5) is 5.69 Å². The van der Waals surface area contributed by atoms with Gasteiger partial charge >= 0.3 is 0 Å². The second kappa shape index (κ2) is 5.71. The van der Waals surface area contributed by atoms with Gasteiger partial charge in [0.25, 0.3) is 0 Å². The zero-order valence-electron chi connectivity index (χ0n) is 9.14. The third-order valence-electron chi connectivity index (χ3n) is 2.14. The zero-order valence-corrected chi connectivity index (χ0v) is 10.7. The number of phenolic OH excluding ortho intramolecular Hbond substituents is 1. The Morgan fingerprint density at radius 3 is 2.67 bits per heavy atom. The first kappa shape index (κ1) is 12.7. The van der Waals surface area contributed by atoms with Gasteiger partial charge in [-0.2, -0.15) is 5.10 Å². The number of hydrogen-bond donors (Lipinski definition) is 2. The van der Waals surface area contributed by atoms with Crippen LogP contribution in [-0.2, 0) is 0 Å². The number of pyridine rings is 1. The molecule has 0 saturated heterocycles. The lowest BCUT2D eigenvalue weighted by atomic mass is 10.2. The van der Waals surface area contributed by atoms with Gasteiger partial charge in [-0.15, -0.1) is 0 Å². The van der Waals surface area contributed by atoms with Crippen molar-refractivity contribution in [3.63, 3.8) is 0 Å². The molecule has 0 bridgehead atoms. The Morgan fingerprint density at radius 1 is 1.22 bits per heavy atom. The predicted molar refractivity (Wildman–Crippen MR) is 73.6 cm³/mol. The van der Waals surface area contributed by atoms with Crippen molar-refractivity contribution in [3.8, 4) is 5.75 Å². The van der Waals surface area contributed by atoms with Gasteiger partial charge in [0.15, 0.2) is 0 Å². The van der Waals surface area contributed by atoms with E-state index in [0.29, 0.717) is 10.6 Å². The van der Waals surface area contributed by atoms with Crippen LogP contribution < -0.4 is 5.43 Å². The maximum atomic E-state index is 9.70. The minimum Gasteiger partial charge on any atom is -0.506 e. The van der Waals surface area contributed by atoms with Crippen LogP contribution >= 0.6 is 23.2 Å². The molecule has 2 rings (SSSR count). The molecule has 0 aliphatic heterocycles. The summed E-state index contributed by atoms with van der Waals surface area (Å²) >= 11 is 11.6. The smallest absolute Gasteiger partial charge is 0.143 e. The predicted octanol–water partition coefficient (Wildman–Crippen LogP) is 3.54. The van der Waals surface area contributed by atoms with Crippen molar-refractivity contribution in [2.24, 2.45) is 5.10 Å². The van der Waals surface area contributed by atoms with Crippen LogP contribution in [0.5, 0.6) is 5.75 Å². The fraction of sp³-hybridized carbons (Fsp3) is 0. The lowest BCUT2D eigenvalue weighted by Gasteiger charge is -2.03. The van der Waals surface area contributed by atoms with Crippen molar-refractivity contribution in [2.45, 2.75) is 0 Å². The highest BCUT2D eigenvalue weighted by Crippen LogP contribution is 2.29. The van der Waals surface area contributed by atoms with Crippen LogP contribution in [0.3, 0.4) is 0 Å². The largest absolute Gasteiger partial charge is 0.506 e. The summed E-state index contributed by atoms with van der Waals surface area (Å²) in [6.07, 6.45) is 4.73. The number of nitrogens with one attached hydrogen (secondary N) is 1. The molecule has 1 aromatic carbocycles. The third kappa shape index (κ3) is 3.12. The van der Waals surface area contributed by atoms with Gasteiger partial charge in [-0.1, -0.05) is 23.2 Å². The SMILES string of the molecule is Oc1c(Cl)cc(Cl)cc1/C=N\Nc1ccncc1. The van der Waals surface area contributed by atoms with Gasteiger partial charge < -0.3 is 5.11 Å². The number of hydrogen-bond acceptors (Lipinski definition) is 4. The Morgan fingerprint density at radius 2 is 1.94 bits per heavy atom. The average Bonchev–Trinajstić information content (AvgIpc) is 2.36. The summed E-state index contributed by atoms with van der Waals surface area (Å²) in [5.74, 6) is -0.0543. The van der Waals surface area contributed by atoms with E-state index in [1.165, 1.54) is 12.3 Å². The van der Waals surface area contributed by atoms with Crippen molar-refractivity contribution >= 4 is 35.1 Å². The number of phenols is 1. The van der Waals surface area contributed by atoms with Gasteiger partial charge in [0.2, 0.25) is 0 Å². The number of aromatic nitrogens is 1. The van der Waals surface area contributed by atoms with Crippen molar-refractivity contribution in [1.29, 1.82) is 0 Å². The highest BCUT2D eigenvalue weighted by atomic mass is 35.5. The van der Waals surface area contributed by atoms with Crippen LogP contribution in [0, 0.1) is 0 Å². The lowest BCUT2D eigenvalue weighted by Crippen LogP contribution is -1.91. The third-order valence-corrected chi connectivity index (χ3v) is 2.64. The van der Waals surface area contributed by atoms with E-state index >= 15 is 0 Å². The number of hydrazone groups is 1. The Bertz CT molecular complexity index is 573. The lowest BCUT2D eigenvalue weighted by molar-refractivity contribution is 0.475. The molecule has 0 aliphatic rings. The summed E-state index contributed by atoms with van der Waals surface area (Å²) in [6.45, 7) is 0. The molecule has 6 heteroatoms. The van der Waals surface area contributed by atoms with Crippen LogP contribution in [0.1, 0.15) is 5.56 Å². The minimum absolute atomic E-state index is 0.0543. The molecule has 18 heavy (non-hydrogen) atoms. The van der Waals surface area contributed by atoms with Gasteiger partial charge in [-0.05, 0) is 24.3 Å². The summed E-state index contributed by atoms with van der Waals surface area (Å²) in [5.41, 5.74) is 4.02. The van der Waals surface area contributed by atoms with E-state index in [4.69, 9.17) is 23.2 Å². The number of anilines is 1. The van der Waals surface area contributed by atoms with Gasteiger partial charge in [-0.3, -0.25) is 10.4 Å². The monoisotopic (exact) mass is 281 g/mol. The maximum Gasteiger partial charge on any atom is 0.143 e. The van der Waals surface area contributed by atoms with Gasteiger partial charge in [0, 0.05) is 23.0 Å². The van der Waals surface area contributed by atoms with Crippen LogP contribution in [0.25, 0.3) is 0 Å². The molecular formula is C12H9Cl2N3O. The van der Waals surface area contributed by atoms with Crippen molar-refractivity contribution in [2.75, 3.05) is 5.43 Å². The van der Waals surface area contributed by atoms with E-state index in [9.17, 15) is 5.11 Å². The summed E-state index contributed by atoms with van der Waals surface area (Å²) in [6, 6.07) is 6.57. The first-order valence-electron chi connectivity index (χ1n) is 5.04. The second-order valence-corrected chi connectivity index (χ2v) is 4.27. The highest BCUT2D eigenvalue weighted by Gasteiger charge is 2.05. The van der Waals surface area contributed by atoms with Gasteiger partial charge in [0.05, 0.1) is 16.9 Å². The molecule has 1 aromatic heterocycles. The molecule has 0 fully saturated rings. The van der Waals surface area contributed by atoms with Crippen LogP contribution in [0.15, 0.2) is 41.8 Å². The topological polar surface area (TPSA) is 57.5 Å². The number of rotatable bonds is 3. The Kier molecular flexibility index (Phi) is 4.02. The van der Waals surface area contributed by atoms with Crippen molar-refractivity contribution < 1.29 is 5.11 Å². The van der Waals surface area contributed by atoms with E-state index in [0.717, 1.165) is 5.69 Å². The summed E-state index contributed by atoms with van der Waals surface area (Å²) < 4.78 is 0. The first-order chi connectivity index (χ1) is 8.66. The standard InChI is InChI=1S/C12H9Cl2N3O/c13-9-5-8(12(18)11(14)6-9)7-16-17-10-1-3-15-4-2-10/h1-7,18H,(H,15,17)/b16-7-. The molecule has 4 nitrogen and oxygen atoms in total. The molecule has 0 saturated carbocycles. The van der Waals surface area contributed by atoms with Gasteiger partial charge in [-0.25, -0.2) is 0 Å². The second-order valence-electron chi connectivity index (χ2n) is 3.43. The van der Waals surface area contributed by atoms with Gasteiger partial charge in [0.1, 0.15) is 5.75 Å². The van der Waals surface area contributed by atoms with E-state index in [1.54, 1.807) is 30.6 Å². The fourth-order valence-electron chi connectivity index (χ4n) is 1.29. The van der Waals surface area contributed by atoms with E-state index < -0.39 is 0 Å². The molecule has 0 radical (unpaired) electrons. The molecule has 2 aromatic rings. The molecule has 92 valence electrons. The molecule has 0 unspecified atom stereocenters. The Balaban J connectivity index is 2.15. The number of nitrogens with zero attached hydrogens (tertiary/aromatic N) is 2. The van der Waals surface area contributed by atoms with E-state index in [-0.39, 0.29) is 10.8 Å². The highest BCUT2D eigenvalue weighted by molar-refractivity contribution is 6.36. The molecule has 0 amide bonds. The first-order valence-corrected chi connectivity index (χ1v) is 5.79. The summed E-state index contributed by atoms with van der Waals surface area (Å²) in [5, 5.41) is 14.3.